The second-order valence-electron chi connectivity index (χ2n) is 5.02. The third-order valence-electron chi connectivity index (χ3n) is 3.35. The summed E-state index contributed by atoms with van der Waals surface area (Å²) in [6.07, 6.45) is 0. The minimum atomic E-state index is -4.79. The van der Waals surface area contributed by atoms with Gasteiger partial charge in [-0.1, -0.05) is 36.4 Å². The van der Waals surface area contributed by atoms with E-state index in [9.17, 15) is 25.9 Å². The van der Waals surface area contributed by atoms with Gasteiger partial charge in [0.15, 0.2) is 10.8 Å². The lowest BCUT2D eigenvalue weighted by Crippen LogP contribution is -2.22. The van der Waals surface area contributed by atoms with E-state index < -0.39 is 41.5 Å². The topological polar surface area (TPSA) is 196 Å². The largest absolute Gasteiger partial charge is 0.362 e. The maximum absolute atomic E-state index is 11.7. The van der Waals surface area contributed by atoms with Crippen LogP contribution in [0.3, 0.4) is 0 Å². The van der Waals surface area contributed by atoms with Gasteiger partial charge in [-0.3, -0.25) is 14.3 Å². The van der Waals surface area contributed by atoms with Crippen molar-refractivity contribution in [1.29, 1.82) is 5.39 Å². The summed E-state index contributed by atoms with van der Waals surface area (Å²) in [5, 5.41) is 20.7. The molecule has 0 heterocycles. The number of benzene rings is 2. The molecule has 12 nitrogen and oxygen atoms in total. The van der Waals surface area contributed by atoms with Crippen LogP contribution >= 0.6 is 0 Å². The van der Waals surface area contributed by atoms with Crippen molar-refractivity contribution in [2.45, 2.75) is 9.79 Å². The Hall–Kier alpha value is -3.38. The van der Waals surface area contributed by atoms with Crippen molar-refractivity contribution in [3.8, 4) is 0 Å². The molecule has 2 aromatic carbocycles. The van der Waals surface area contributed by atoms with E-state index in [1.54, 1.807) is 0 Å². The summed E-state index contributed by atoms with van der Waals surface area (Å²) in [5.41, 5.74) is 7.03. The zero-order valence-electron chi connectivity index (χ0n) is 13.6. The third-order valence-corrected chi connectivity index (χ3v) is 5.18. The highest BCUT2D eigenvalue weighted by Gasteiger charge is 2.27. The Bertz CT molecular complexity index is 1250. The highest BCUT2D eigenvalue weighted by atomic mass is 32.2. The average Bonchev–Trinajstić information content (AvgIpc) is 2.63. The lowest BCUT2D eigenvalue weighted by atomic mass is 9.99. The van der Waals surface area contributed by atoms with Gasteiger partial charge in [0.2, 0.25) is 0 Å². The lowest BCUT2D eigenvalue weighted by Gasteiger charge is -2.14. The molecule has 0 atom stereocenters. The normalized spacial score (nSPS) is 13.0. The number of hydrogen-bond acceptors (Lipinski definition) is 7. The average molecular weight is 422 g/mol. The number of hydrogen-bond donors (Lipinski definition) is 2. The van der Waals surface area contributed by atoms with E-state index in [4.69, 9.17) is 10.9 Å². The standard InChI is InChI=1S/C14H10N6O6S2/c15-19-17-13(9-5-1-3-7-11(9)27(21,22)23)14(18-20-16)10-6-2-4-8-12(10)28(24,25)26/h1-8H,(H,21,22,23)(H,24,25,26). The van der Waals surface area contributed by atoms with Crippen LogP contribution in [0.25, 0.3) is 10.6 Å². The van der Waals surface area contributed by atoms with Crippen LogP contribution in [0, 0.1) is 5.39 Å². The molecule has 0 aliphatic carbocycles. The third kappa shape index (κ3) is 4.47. The molecule has 28 heavy (non-hydrogen) atoms. The molecule has 2 rings (SSSR count). The van der Waals surface area contributed by atoms with Crippen molar-refractivity contribution in [1.82, 2.24) is 0 Å². The Morgan fingerprint density at radius 2 is 1.29 bits per heavy atom. The van der Waals surface area contributed by atoms with Crippen molar-refractivity contribution in [3.63, 3.8) is 0 Å². The molecule has 2 N–H and O–H groups in total. The summed E-state index contributed by atoms with van der Waals surface area (Å²) < 4.78 is 65.5. The molecule has 0 aliphatic rings. The molecule has 0 unspecified atom stereocenters. The quantitative estimate of drug-likeness (QED) is 0.234. The van der Waals surface area contributed by atoms with Gasteiger partial charge in [-0.25, -0.2) is 0 Å². The molecule has 0 aliphatic heterocycles. The van der Waals surface area contributed by atoms with E-state index in [-0.39, 0.29) is 11.1 Å². The number of nitrogens with zero attached hydrogens (tertiary/aromatic N) is 6. The van der Waals surface area contributed by atoms with Gasteiger partial charge in [0, 0.05) is 16.8 Å². The fourth-order valence-corrected chi connectivity index (χ4v) is 3.71. The van der Waals surface area contributed by atoms with Crippen LogP contribution in [0.4, 0.5) is 0 Å². The molecule has 0 amide bonds. The minimum absolute atomic E-state index is 0.352. The van der Waals surface area contributed by atoms with Gasteiger partial charge in [0.25, 0.3) is 25.6 Å². The molecule has 0 saturated heterocycles. The van der Waals surface area contributed by atoms with Gasteiger partial charge >= 0.3 is 5.08 Å². The van der Waals surface area contributed by atoms with E-state index in [2.05, 4.69) is 20.5 Å². The second-order valence-corrected chi connectivity index (χ2v) is 7.80. The molecule has 2 aromatic rings. The molecule has 0 bridgehead atoms. The molecule has 0 aromatic heterocycles. The van der Waals surface area contributed by atoms with Gasteiger partial charge in [0.1, 0.15) is 9.79 Å². The highest BCUT2D eigenvalue weighted by molar-refractivity contribution is 7.86. The van der Waals surface area contributed by atoms with E-state index in [1.165, 1.54) is 24.3 Å². The van der Waals surface area contributed by atoms with Crippen molar-refractivity contribution in [2.24, 2.45) is 15.4 Å². The Labute approximate surface area is 158 Å². The van der Waals surface area contributed by atoms with Crippen LogP contribution in [0.2, 0.25) is 0 Å². The maximum Gasteiger partial charge on any atom is 0.339 e. The second kappa shape index (κ2) is 8.10. The van der Waals surface area contributed by atoms with Crippen LogP contribution in [0.15, 0.2) is 73.7 Å². The molecule has 0 radical (unpaired) electrons. The van der Waals surface area contributed by atoms with E-state index in [0.29, 0.717) is 0 Å². The summed E-state index contributed by atoms with van der Waals surface area (Å²) in [6, 6.07) is 9.55. The van der Waals surface area contributed by atoms with Crippen LogP contribution in [0.1, 0.15) is 11.1 Å². The molecular weight excluding hydrogens is 412 g/mol. The first-order valence-electron chi connectivity index (χ1n) is 7.09. The molecular formula is C14H10N6O6S2. The summed E-state index contributed by atoms with van der Waals surface area (Å²) in [4.78, 5) is -1.35. The van der Waals surface area contributed by atoms with Gasteiger partial charge in [-0.2, -0.15) is 16.8 Å². The summed E-state index contributed by atoms with van der Waals surface area (Å²) >= 11 is 0. The van der Waals surface area contributed by atoms with Gasteiger partial charge in [0.05, 0.1) is 0 Å². The minimum Gasteiger partial charge on any atom is -0.362 e. The van der Waals surface area contributed by atoms with Gasteiger partial charge in [-0.05, 0) is 12.1 Å². The molecule has 0 spiro atoms. The first-order chi connectivity index (χ1) is 13.1. The van der Waals surface area contributed by atoms with Crippen LogP contribution in [0.5, 0.6) is 0 Å². The van der Waals surface area contributed by atoms with Crippen molar-refractivity contribution >= 4 is 31.7 Å². The monoisotopic (exact) mass is 422 g/mol. The van der Waals surface area contributed by atoms with Crippen molar-refractivity contribution in [3.05, 3.63) is 70.3 Å². The zero-order chi connectivity index (χ0) is 20.9. The van der Waals surface area contributed by atoms with Gasteiger partial charge < -0.3 is 10.6 Å². The smallest absolute Gasteiger partial charge is 0.339 e. The SMILES string of the molecule is N#[N+]N=C(C(=NN=[N-])c1ccccc1S(=O)(=O)O)c1ccccc1S(=O)(=O)O. The van der Waals surface area contributed by atoms with E-state index in [0.717, 1.165) is 24.3 Å². The van der Waals surface area contributed by atoms with Crippen molar-refractivity contribution < 1.29 is 25.9 Å². The highest BCUT2D eigenvalue weighted by Crippen LogP contribution is 2.23. The van der Waals surface area contributed by atoms with Crippen LogP contribution < -0.4 is 0 Å². The molecule has 144 valence electrons. The fourth-order valence-electron chi connectivity index (χ4n) is 2.32. The predicted octanol–water partition coefficient (Wildman–Crippen LogP) is 2.16. The lowest BCUT2D eigenvalue weighted by molar-refractivity contribution is 0.480. The van der Waals surface area contributed by atoms with E-state index in [1.807, 2.05) is 0 Å². The van der Waals surface area contributed by atoms with Gasteiger partial charge in [-0.15, -0.1) is 0 Å². The van der Waals surface area contributed by atoms with Crippen LogP contribution in [-0.2, 0) is 20.2 Å². The summed E-state index contributed by atoms with van der Waals surface area (Å²) in [7, 11) is -9.57. The summed E-state index contributed by atoms with van der Waals surface area (Å²) in [6.45, 7) is 0. The zero-order valence-corrected chi connectivity index (χ0v) is 15.3. The van der Waals surface area contributed by atoms with Crippen LogP contribution in [-0.4, -0.2) is 37.4 Å². The molecule has 0 fully saturated rings. The summed E-state index contributed by atoms with van der Waals surface area (Å²) in [5.74, 6) is 0. The Kier molecular flexibility index (Phi) is 6.06. The molecule has 14 heteroatoms. The Morgan fingerprint density at radius 1 is 0.857 bits per heavy atom. The number of rotatable bonds is 6. The number of diazo groups is 1. The Balaban J connectivity index is 2.92. The first-order valence-corrected chi connectivity index (χ1v) is 9.97. The van der Waals surface area contributed by atoms with Crippen molar-refractivity contribution in [2.75, 3.05) is 0 Å². The fraction of sp³-hybridized carbons (Fsp3) is 0. The first kappa shape index (κ1) is 20.9. The predicted molar refractivity (Wildman–Crippen MR) is 96.5 cm³/mol. The maximum atomic E-state index is 11.7. The van der Waals surface area contributed by atoms with E-state index >= 15 is 0 Å². The Morgan fingerprint density at radius 3 is 1.68 bits per heavy atom. The molecule has 0 saturated carbocycles.